The predicted octanol–water partition coefficient (Wildman–Crippen LogP) is 2.48. The summed E-state index contributed by atoms with van der Waals surface area (Å²) in [6.45, 7) is 0. The van der Waals surface area contributed by atoms with Gasteiger partial charge in [-0.2, -0.15) is 56.4 Å². The van der Waals surface area contributed by atoms with E-state index in [-0.39, 0.29) is 18.6 Å². The van der Waals surface area contributed by atoms with E-state index in [1.807, 2.05) is 0 Å². The van der Waals surface area contributed by atoms with E-state index in [2.05, 4.69) is 21.3 Å². The summed E-state index contributed by atoms with van der Waals surface area (Å²) in [6.07, 6.45) is 0. The topological polar surface area (TPSA) is 56.4 Å². The fraction of sp³-hybridized carbons (Fsp3) is 1.00. The van der Waals surface area contributed by atoms with Crippen molar-refractivity contribution in [3.8, 4) is 0 Å². The van der Waals surface area contributed by atoms with Crippen molar-refractivity contribution in [2.24, 2.45) is 0 Å². The summed E-state index contributed by atoms with van der Waals surface area (Å²) >= 11 is 0. The molecule has 13 heavy (non-hydrogen) atoms. The van der Waals surface area contributed by atoms with Crippen LogP contribution in [0, 0.1) is 0 Å². The van der Waals surface area contributed by atoms with Gasteiger partial charge in [0, 0.05) is 18.6 Å². The molecule has 0 aliphatic heterocycles. The molecule has 0 unspecified atom stereocenters. The smallest absolute Gasteiger partial charge is 0 e. The minimum Gasteiger partial charge on any atom is -0.668 e. The largest absolute Gasteiger partial charge is 0.668 e. The fourth-order valence-corrected chi connectivity index (χ4v) is 0. The summed E-state index contributed by atoms with van der Waals surface area (Å²) in [7, 11) is 14.0. The zero-order valence-electron chi connectivity index (χ0n) is 10.2. The minimum atomic E-state index is 0. The normalized spacial score (nSPS) is 5.54. The Morgan fingerprint density at radius 1 is 0.385 bits per heavy atom. The third-order valence-corrected chi connectivity index (χ3v) is 0. The van der Waals surface area contributed by atoms with Crippen LogP contribution < -0.4 is 0 Å². The van der Waals surface area contributed by atoms with E-state index in [1.54, 1.807) is 56.4 Å². The van der Waals surface area contributed by atoms with Crippen molar-refractivity contribution in [3.63, 3.8) is 0 Å². The molecule has 0 aliphatic carbocycles. The summed E-state index contributed by atoms with van der Waals surface area (Å²) in [5.41, 5.74) is 0. The number of hydrogen-bond donors (Lipinski definition) is 0. The van der Waals surface area contributed by atoms with Crippen LogP contribution in [0.3, 0.4) is 0 Å². The van der Waals surface area contributed by atoms with Gasteiger partial charge in [-0.1, -0.05) is 0 Å². The molecule has 0 spiro atoms. The molecule has 0 aliphatic rings. The molecule has 0 amide bonds. The molecule has 0 heterocycles. The Bertz CT molecular complexity index is 24.1. The quantitative estimate of drug-likeness (QED) is 0.610. The van der Waals surface area contributed by atoms with Crippen molar-refractivity contribution in [1.29, 1.82) is 0 Å². The van der Waals surface area contributed by atoms with Crippen molar-refractivity contribution >= 4 is 0 Å². The van der Waals surface area contributed by atoms with Crippen LogP contribution in [0.4, 0.5) is 0 Å². The molecule has 0 rings (SSSR count). The molecular weight excluding hydrogens is 203 g/mol. The van der Waals surface area contributed by atoms with Gasteiger partial charge in [0.1, 0.15) is 0 Å². The molecule has 1 radical (unpaired) electrons. The van der Waals surface area contributed by atoms with Crippen molar-refractivity contribution in [3.05, 3.63) is 21.3 Å². The van der Waals surface area contributed by atoms with Crippen LogP contribution in [-0.2, 0) is 18.6 Å². The monoisotopic (exact) mass is 227 g/mol. The number of rotatable bonds is 0. The second-order valence-corrected chi connectivity index (χ2v) is 1.79. The zero-order chi connectivity index (χ0) is 10.8. The van der Waals surface area contributed by atoms with Crippen molar-refractivity contribution < 1.29 is 18.6 Å². The molecule has 0 fully saturated rings. The Labute approximate surface area is 96.5 Å². The molecule has 0 atom stereocenters. The summed E-state index contributed by atoms with van der Waals surface area (Å²) in [4.78, 5) is 0. The van der Waals surface area contributed by atoms with Gasteiger partial charge >= 0.3 is 0 Å². The molecule has 4 nitrogen and oxygen atoms in total. The molecule has 0 saturated carbocycles. The standard InChI is InChI=1S/4C2H6N.V/c4*1-3-2;/h4*1-2H3;/q4*-1;. The Balaban J connectivity index is -0.0000000213. The average Bonchev–Trinajstić information content (AvgIpc) is 1.92. The predicted molar refractivity (Wildman–Crippen MR) is 60.8 cm³/mol. The van der Waals surface area contributed by atoms with Crippen LogP contribution in [0.5, 0.6) is 0 Å². The van der Waals surface area contributed by atoms with Crippen LogP contribution in [0.25, 0.3) is 21.3 Å². The van der Waals surface area contributed by atoms with Gasteiger partial charge in [0.25, 0.3) is 0 Å². The minimum absolute atomic E-state index is 0. The first-order valence-electron chi connectivity index (χ1n) is 3.58. The van der Waals surface area contributed by atoms with Gasteiger partial charge in [0.2, 0.25) is 0 Å². The van der Waals surface area contributed by atoms with Crippen LogP contribution >= 0.6 is 0 Å². The molecule has 0 saturated heterocycles. The van der Waals surface area contributed by atoms with Crippen molar-refractivity contribution in [2.45, 2.75) is 0 Å². The van der Waals surface area contributed by atoms with Crippen LogP contribution in [0.1, 0.15) is 0 Å². The van der Waals surface area contributed by atoms with Crippen molar-refractivity contribution in [1.82, 2.24) is 0 Å². The van der Waals surface area contributed by atoms with Gasteiger partial charge in [-0.3, -0.25) is 0 Å². The Kier molecular flexibility index (Phi) is 186. The van der Waals surface area contributed by atoms with E-state index in [0.717, 1.165) is 0 Å². The summed E-state index contributed by atoms with van der Waals surface area (Å²) in [5, 5.41) is 14.0. The molecule has 0 bridgehead atoms. The van der Waals surface area contributed by atoms with E-state index in [0.29, 0.717) is 0 Å². The molecular formula is C8H24N4V-4. The maximum atomic E-state index is 3.50. The average molecular weight is 227 g/mol. The van der Waals surface area contributed by atoms with E-state index in [9.17, 15) is 0 Å². The maximum Gasteiger partial charge on any atom is 0 e. The van der Waals surface area contributed by atoms with Crippen LogP contribution in [-0.4, -0.2) is 56.4 Å². The zero-order valence-corrected chi connectivity index (χ0v) is 11.6. The van der Waals surface area contributed by atoms with Gasteiger partial charge in [-0.15, -0.1) is 0 Å². The van der Waals surface area contributed by atoms with E-state index < -0.39 is 0 Å². The SMILES string of the molecule is C[N-]C.C[N-]C.C[N-]C.C[N-]C.[V]. The first kappa shape index (κ1) is 29.2. The van der Waals surface area contributed by atoms with Gasteiger partial charge in [-0.25, -0.2) is 0 Å². The van der Waals surface area contributed by atoms with Crippen LogP contribution in [0.15, 0.2) is 0 Å². The Hall–Kier alpha value is 0.424. The first-order chi connectivity index (χ1) is 5.66. The van der Waals surface area contributed by atoms with Gasteiger partial charge < -0.3 is 21.3 Å². The molecule has 0 aromatic carbocycles. The first-order valence-corrected chi connectivity index (χ1v) is 3.58. The third-order valence-electron chi connectivity index (χ3n) is 0. The Morgan fingerprint density at radius 3 is 0.385 bits per heavy atom. The van der Waals surface area contributed by atoms with E-state index in [1.165, 1.54) is 0 Å². The van der Waals surface area contributed by atoms with Gasteiger partial charge in [0.15, 0.2) is 0 Å². The molecule has 0 N–H and O–H groups in total. The van der Waals surface area contributed by atoms with Crippen LogP contribution in [0.2, 0.25) is 0 Å². The number of hydrogen-bond acceptors (Lipinski definition) is 0. The second-order valence-electron chi connectivity index (χ2n) is 1.79. The fourth-order valence-electron chi connectivity index (χ4n) is 0. The van der Waals surface area contributed by atoms with E-state index in [4.69, 9.17) is 0 Å². The second kappa shape index (κ2) is 82.8. The maximum absolute atomic E-state index is 3.50. The Morgan fingerprint density at radius 2 is 0.385 bits per heavy atom. The summed E-state index contributed by atoms with van der Waals surface area (Å²) < 4.78 is 0. The summed E-state index contributed by atoms with van der Waals surface area (Å²) in [6, 6.07) is 0. The summed E-state index contributed by atoms with van der Waals surface area (Å²) in [5.74, 6) is 0. The third kappa shape index (κ3) is 7500. The number of nitrogens with zero attached hydrogens (tertiary/aromatic N) is 4. The van der Waals surface area contributed by atoms with E-state index >= 15 is 0 Å². The molecule has 85 valence electrons. The molecule has 5 heteroatoms. The molecule has 0 aromatic heterocycles. The molecule has 0 aromatic rings. The van der Waals surface area contributed by atoms with Crippen molar-refractivity contribution in [2.75, 3.05) is 56.4 Å². The van der Waals surface area contributed by atoms with Gasteiger partial charge in [-0.05, 0) is 0 Å². The van der Waals surface area contributed by atoms with Gasteiger partial charge in [0.05, 0.1) is 0 Å².